The number of aryl methyl sites for hydroxylation is 1. The van der Waals surface area contributed by atoms with Crippen molar-refractivity contribution in [3.8, 4) is 0 Å². The normalized spacial score (nSPS) is 10.6. The maximum absolute atomic E-state index is 13.7. The summed E-state index contributed by atoms with van der Waals surface area (Å²) in [5.74, 6) is -1.70. The molecule has 0 aromatic heterocycles. The molecule has 19 heavy (non-hydrogen) atoms. The summed E-state index contributed by atoms with van der Waals surface area (Å²) in [4.78, 5) is 0. The van der Waals surface area contributed by atoms with E-state index in [1.54, 1.807) is 13.0 Å². The summed E-state index contributed by atoms with van der Waals surface area (Å²) in [6, 6.07) is 6.87. The third-order valence-electron chi connectivity index (χ3n) is 2.68. The highest BCUT2D eigenvalue weighted by Crippen LogP contribution is 2.23. The van der Waals surface area contributed by atoms with Gasteiger partial charge in [0.2, 0.25) is 0 Å². The molecule has 0 bridgehead atoms. The van der Waals surface area contributed by atoms with Crippen molar-refractivity contribution in [2.24, 2.45) is 0 Å². The van der Waals surface area contributed by atoms with E-state index in [1.807, 2.05) is 0 Å². The van der Waals surface area contributed by atoms with Gasteiger partial charge in [-0.15, -0.1) is 0 Å². The van der Waals surface area contributed by atoms with E-state index in [2.05, 4.69) is 21.2 Å². The first-order valence-corrected chi connectivity index (χ1v) is 6.40. The van der Waals surface area contributed by atoms with Crippen LogP contribution in [0, 0.1) is 24.4 Å². The predicted molar refractivity (Wildman–Crippen MR) is 72.5 cm³/mol. The smallest absolute Gasteiger partial charge is 0.152 e. The van der Waals surface area contributed by atoms with Crippen molar-refractivity contribution in [2.45, 2.75) is 13.5 Å². The number of halogens is 4. The van der Waals surface area contributed by atoms with E-state index in [4.69, 9.17) is 0 Å². The minimum Gasteiger partial charge on any atom is -0.376 e. The minimum absolute atomic E-state index is 0.133. The lowest BCUT2D eigenvalue weighted by molar-refractivity contribution is 0.582. The molecule has 0 saturated carbocycles. The van der Waals surface area contributed by atoms with Crippen molar-refractivity contribution in [1.82, 2.24) is 0 Å². The fourth-order valence-corrected chi connectivity index (χ4v) is 2.23. The second-order valence-electron chi connectivity index (χ2n) is 4.18. The van der Waals surface area contributed by atoms with Gasteiger partial charge in [0.05, 0.1) is 0 Å². The molecule has 2 aromatic rings. The van der Waals surface area contributed by atoms with Gasteiger partial charge in [0.15, 0.2) is 5.82 Å². The molecule has 2 aromatic carbocycles. The zero-order valence-electron chi connectivity index (χ0n) is 10.1. The lowest BCUT2D eigenvalue weighted by Crippen LogP contribution is -2.05. The largest absolute Gasteiger partial charge is 0.376 e. The van der Waals surface area contributed by atoms with Gasteiger partial charge in [-0.25, -0.2) is 13.2 Å². The lowest BCUT2D eigenvalue weighted by Gasteiger charge is -2.10. The molecule has 0 fully saturated rings. The van der Waals surface area contributed by atoms with E-state index < -0.39 is 17.5 Å². The molecule has 5 heteroatoms. The molecule has 0 aliphatic carbocycles. The van der Waals surface area contributed by atoms with Crippen LogP contribution in [0.25, 0.3) is 0 Å². The fourth-order valence-electron chi connectivity index (χ4n) is 1.72. The standard InChI is InChI=1S/C14H11BrF3N/c1-8-2-3-12(17)14(13(8)18)19-7-9-4-10(15)6-11(16)5-9/h2-6,19H,7H2,1H3. The molecule has 0 saturated heterocycles. The van der Waals surface area contributed by atoms with E-state index in [9.17, 15) is 13.2 Å². The molecule has 100 valence electrons. The van der Waals surface area contributed by atoms with Crippen LogP contribution < -0.4 is 5.32 Å². The SMILES string of the molecule is Cc1ccc(F)c(NCc2cc(F)cc(Br)c2)c1F. The van der Waals surface area contributed by atoms with Gasteiger partial charge in [-0.2, -0.15) is 0 Å². The second-order valence-corrected chi connectivity index (χ2v) is 5.10. The molecule has 0 unspecified atom stereocenters. The van der Waals surface area contributed by atoms with Crippen LogP contribution in [0.5, 0.6) is 0 Å². The number of hydrogen-bond donors (Lipinski definition) is 1. The van der Waals surface area contributed by atoms with Gasteiger partial charge < -0.3 is 5.32 Å². The Bertz CT molecular complexity index is 594. The fraction of sp³-hybridized carbons (Fsp3) is 0.143. The van der Waals surface area contributed by atoms with Gasteiger partial charge in [-0.05, 0) is 42.3 Å². The van der Waals surface area contributed by atoms with Crippen molar-refractivity contribution in [1.29, 1.82) is 0 Å². The molecular formula is C14H11BrF3N. The van der Waals surface area contributed by atoms with Crippen LogP contribution in [0.3, 0.4) is 0 Å². The van der Waals surface area contributed by atoms with Crippen LogP contribution in [0.15, 0.2) is 34.8 Å². The highest BCUT2D eigenvalue weighted by Gasteiger charge is 2.11. The van der Waals surface area contributed by atoms with Gasteiger partial charge in [-0.1, -0.05) is 22.0 Å². The van der Waals surface area contributed by atoms with Crippen molar-refractivity contribution in [2.75, 3.05) is 5.32 Å². The molecule has 0 heterocycles. The topological polar surface area (TPSA) is 12.0 Å². The highest BCUT2D eigenvalue weighted by molar-refractivity contribution is 9.10. The maximum atomic E-state index is 13.7. The van der Waals surface area contributed by atoms with E-state index in [-0.39, 0.29) is 12.2 Å². The summed E-state index contributed by atoms with van der Waals surface area (Å²) in [5, 5.41) is 2.66. The lowest BCUT2D eigenvalue weighted by atomic mass is 10.1. The monoisotopic (exact) mass is 329 g/mol. The van der Waals surface area contributed by atoms with Crippen molar-refractivity contribution >= 4 is 21.6 Å². The quantitative estimate of drug-likeness (QED) is 0.853. The molecule has 1 N–H and O–H groups in total. The summed E-state index contributed by atoms with van der Waals surface area (Å²) < 4.78 is 41.0. The summed E-state index contributed by atoms with van der Waals surface area (Å²) in [7, 11) is 0. The molecule has 1 nitrogen and oxygen atoms in total. The number of rotatable bonds is 3. The summed E-state index contributed by atoms with van der Waals surface area (Å²) in [6.45, 7) is 1.69. The van der Waals surface area contributed by atoms with Crippen LogP contribution in [-0.4, -0.2) is 0 Å². The third kappa shape index (κ3) is 3.29. The molecule has 0 aliphatic heterocycles. The molecule has 0 radical (unpaired) electrons. The molecule has 0 atom stereocenters. The number of anilines is 1. The van der Waals surface area contributed by atoms with Crippen LogP contribution >= 0.6 is 15.9 Å². The Kier molecular flexibility index (Phi) is 4.14. The Morgan fingerprint density at radius 2 is 1.84 bits per heavy atom. The third-order valence-corrected chi connectivity index (χ3v) is 3.13. The summed E-state index contributed by atoms with van der Waals surface area (Å²) in [5.41, 5.74) is 0.747. The summed E-state index contributed by atoms with van der Waals surface area (Å²) >= 11 is 3.16. The predicted octanol–water partition coefficient (Wildman–Crippen LogP) is 4.79. The van der Waals surface area contributed by atoms with Crippen molar-refractivity contribution in [3.63, 3.8) is 0 Å². The van der Waals surface area contributed by atoms with Gasteiger partial charge in [0.1, 0.15) is 17.3 Å². The van der Waals surface area contributed by atoms with Crippen molar-refractivity contribution in [3.05, 3.63) is 63.4 Å². The van der Waals surface area contributed by atoms with Crippen molar-refractivity contribution < 1.29 is 13.2 Å². The Morgan fingerprint density at radius 3 is 2.53 bits per heavy atom. The second kappa shape index (κ2) is 5.65. The maximum Gasteiger partial charge on any atom is 0.152 e. The molecule has 0 amide bonds. The molecular weight excluding hydrogens is 319 g/mol. The Labute approximate surface area is 117 Å². The molecule has 0 spiro atoms. The number of nitrogens with one attached hydrogen (secondary N) is 1. The Balaban J connectivity index is 2.21. The zero-order valence-corrected chi connectivity index (χ0v) is 11.7. The Morgan fingerprint density at radius 1 is 1.11 bits per heavy atom. The summed E-state index contributed by atoms with van der Waals surface area (Å²) in [6.07, 6.45) is 0. The van der Waals surface area contributed by atoms with E-state index in [0.717, 1.165) is 0 Å². The van der Waals surface area contributed by atoms with Crippen LogP contribution in [0.2, 0.25) is 0 Å². The molecule has 0 aliphatic rings. The van der Waals surface area contributed by atoms with E-state index in [1.165, 1.54) is 24.3 Å². The van der Waals surface area contributed by atoms with Gasteiger partial charge in [0.25, 0.3) is 0 Å². The number of hydrogen-bond acceptors (Lipinski definition) is 1. The minimum atomic E-state index is -0.668. The van der Waals surface area contributed by atoms with Crippen LogP contribution in [0.4, 0.5) is 18.9 Å². The number of benzene rings is 2. The van der Waals surface area contributed by atoms with Gasteiger partial charge in [-0.3, -0.25) is 0 Å². The first-order valence-electron chi connectivity index (χ1n) is 5.61. The zero-order chi connectivity index (χ0) is 14.0. The average molecular weight is 330 g/mol. The van der Waals surface area contributed by atoms with Gasteiger partial charge >= 0.3 is 0 Å². The first kappa shape index (κ1) is 13.9. The average Bonchev–Trinajstić information content (AvgIpc) is 2.33. The Hall–Kier alpha value is -1.49. The molecule has 2 rings (SSSR count). The highest BCUT2D eigenvalue weighted by atomic mass is 79.9. The first-order chi connectivity index (χ1) is 8.97. The van der Waals surface area contributed by atoms with Gasteiger partial charge in [0, 0.05) is 11.0 Å². The van der Waals surface area contributed by atoms with Crippen LogP contribution in [-0.2, 0) is 6.54 Å². The van der Waals surface area contributed by atoms with E-state index >= 15 is 0 Å². The van der Waals surface area contributed by atoms with Crippen LogP contribution in [0.1, 0.15) is 11.1 Å². The van der Waals surface area contributed by atoms with E-state index in [0.29, 0.717) is 15.6 Å².